The van der Waals surface area contributed by atoms with Gasteiger partial charge in [0.1, 0.15) is 6.04 Å². The molecule has 0 aliphatic carbocycles. The van der Waals surface area contributed by atoms with Crippen molar-refractivity contribution in [2.75, 3.05) is 18.6 Å². The van der Waals surface area contributed by atoms with Crippen molar-refractivity contribution in [1.82, 2.24) is 4.90 Å². The van der Waals surface area contributed by atoms with Gasteiger partial charge in [0.2, 0.25) is 5.91 Å². The van der Waals surface area contributed by atoms with Crippen molar-refractivity contribution in [3.8, 4) is 0 Å². The molecule has 1 saturated heterocycles. The van der Waals surface area contributed by atoms with Crippen molar-refractivity contribution in [3.05, 3.63) is 89.9 Å². The number of carbonyl (C=O) groups is 4. The smallest absolute Gasteiger partial charge is 0.337 e. The van der Waals surface area contributed by atoms with Gasteiger partial charge < -0.3 is 14.1 Å². The molecule has 0 saturated carbocycles. The summed E-state index contributed by atoms with van der Waals surface area (Å²) in [4.78, 5) is 53.4. The van der Waals surface area contributed by atoms with Crippen molar-refractivity contribution >= 4 is 29.4 Å². The lowest BCUT2D eigenvalue weighted by Gasteiger charge is -2.27. The molecule has 8 nitrogen and oxygen atoms in total. The SMILES string of the molecule is COC(=O)c1ccc(N2C(=O)CC(N(CCc3ccccc3)C(=O)c3ccco3)C2=O)cc1. The van der Waals surface area contributed by atoms with Crippen molar-refractivity contribution < 1.29 is 28.3 Å². The van der Waals surface area contributed by atoms with Gasteiger partial charge in [0.25, 0.3) is 11.8 Å². The van der Waals surface area contributed by atoms with E-state index in [0.29, 0.717) is 17.7 Å². The molecule has 0 N–H and O–H groups in total. The number of amides is 3. The Bertz CT molecular complexity index is 1160. The lowest BCUT2D eigenvalue weighted by molar-refractivity contribution is -0.122. The van der Waals surface area contributed by atoms with E-state index in [0.717, 1.165) is 10.5 Å². The lowest BCUT2D eigenvalue weighted by Crippen LogP contribution is -2.46. The molecule has 1 aromatic heterocycles. The van der Waals surface area contributed by atoms with Gasteiger partial charge in [-0.15, -0.1) is 0 Å². The van der Waals surface area contributed by atoms with Gasteiger partial charge in [0, 0.05) is 6.54 Å². The van der Waals surface area contributed by atoms with Crippen molar-refractivity contribution in [2.45, 2.75) is 18.9 Å². The molecule has 2 heterocycles. The van der Waals surface area contributed by atoms with Crippen LogP contribution in [0.2, 0.25) is 0 Å². The number of ether oxygens (including phenoxy) is 1. The lowest BCUT2D eigenvalue weighted by atomic mass is 10.1. The number of furan rings is 1. The van der Waals surface area contributed by atoms with Gasteiger partial charge in [-0.25, -0.2) is 9.69 Å². The van der Waals surface area contributed by atoms with Crippen LogP contribution in [0.5, 0.6) is 0 Å². The molecule has 33 heavy (non-hydrogen) atoms. The summed E-state index contributed by atoms with van der Waals surface area (Å²) in [5, 5.41) is 0. The topological polar surface area (TPSA) is 97.1 Å². The van der Waals surface area contributed by atoms with Gasteiger partial charge in [0.15, 0.2) is 5.76 Å². The van der Waals surface area contributed by atoms with Crippen molar-refractivity contribution in [3.63, 3.8) is 0 Å². The number of carbonyl (C=O) groups excluding carboxylic acids is 4. The molecule has 0 bridgehead atoms. The number of hydrogen-bond donors (Lipinski definition) is 0. The Labute approximate surface area is 190 Å². The van der Waals surface area contributed by atoms with E-state index >= 15 is 0 Å². The fourth-order valence-corrected chi connectivity index (χ4v) is 3.83. The monoisotopic (exact) mass is 446 g/mol. The van der Waals surface area contributed by atoms with Crippen LogP contribution in [0.15, 0.2) is 77.4 Å². The van der Waals surface area contributed by atoms with Gasteiger partial charge in [0.05, 0.1) is 31.0 Å². The summed E-state index contributed by atoms with van der Waals surface area (Å²) in [6.45, 7) is 0.238. The molecule has 1 unspecified atom stereocenters. The zero-order valence-electron chi connectivity index (χ0n) is 18.0. The number of nitrogens with zero attached hydrogens (tertiary/aromatic N) is 2. The van der Waals surface area contributed by atoms with Crippen LogP contribution in [0.4, 0.5) is 5.69 Å². The average Bonchev–Trinajstić information content (AvgIpc) is 3.48. The molecule has 4 rings (SSSR count). The molecule has 3 aromatic rings. The largest absolute Gasteiger partial charge is 0.465 e. The summed E-state index contributed by atoms with van der Waals surface area (Å²) in [6.07, 6.45) is 1.76. The number of anilines is 1. The Morgan fingerprint density at radius 3 is 2.39 bits per heavy atom. The maximum absolute atomic E-state index is 13.3. The van der Waals surface area contributed by atoms with Crippen LogP contribution < -0.4 is 4.90 Å². The average molecular weight is 446 g/mol. The molecule has 3 amide bonds. The van der Waals surface area contributed by atoms with Crippen LogP contribution in [-0.4, -0.2) is 48.3 Å². The quantitative estimate of drug-likeness (QED) is 0.409. The summed E-state index contributed by atoms with van der Waals surface area (Å²) in [7, 11) is 1.27. The Morgan fingerprint density at radius 2 is 1.76 bits per heavy atom. The Kier molecular flexibility index (Phi) is 6.35. The maximum Gasteiger partial charge on any atom is 0.337 e. The van der Waals surface area contributed by atoms with E-state index in [9.17, 15) is 19.2 Å². The normalized spacial score (nSPS) is 15.5. The van der Waals surface area contributed by atoms with E-state index < -0.39 is 29.7 Å². The first-order chi connectivity index (χ1) is 16.0. The standard InChI is InChI=1S/C25H22N2O6/c1-32-25(31)18-9-11-19(12-10-18)27-22(28)16-20(23(27)29)26(24(30)21-8-5-15-33-21)14-13-17-6-3-2-4-7-17/h2-12,15,20H,13-14,16H2,1H3. The fraction of sp³-hybridized carbons (Fsp3) is 0.200. The minimum Gasteiger partial charge on any atom is -0.465 e. The minimum absolute atomic E-state index is 0.101. The van der Waals surface area contributed by atoms with Crippen LogP contribution in [0.25, 0.3) is 0 Å². The van der Waals surface area contributed by atoms with Crippen LogP contribution >= 0.6 is 0 Å². The maximum atomic E-state index is 13.3. The Hall–Kier alpha value is -4.20. The molecule has 0 radical (unpaired) electrons. The second-order valence-electron chi connectivity index (χ2n) is 7.54. The predicted octanol–water partition coefficient (Wildman–Crippen LogP) is 3.08. The van der Waals surface area contributed by atoms with E-state index in [1.807, 2.05) is 30.3 Å². The van der Waals surface area contributed by atoms with Crippen LogP contribution in [0.1, 0.15) is 32.9 Å². The number of rotatable bonds is 7. The highest BCUT2D eigenvalue weighted by Gasteiger charge is 2.44. The van der Waals surface area contributed by atoms with Crippen LogP contribution in [0.3, 0.4) is 0 Å². The van der Waals surface area contributed by atoms with E-state index in [-0.39, 0.29) is 18.7 Å². The predicted molar refractivity (Wildman–Crippen MR) is 119 cm³/mol. The van der Waals surface area contributed by atoms with E-state index in [2.05, 4.69) is 4.74 Å². The molecule has 8 heteroatoms. The van der Waals surface area contributed by atoms with Gasteiger partial charge in [-0.2, -0.15) is 0 Å². The zero-order valence-corrected chi connectivity index (χ0v) is 18.0. The highest BCUT2D eigenvalue weighted by molar-refractivity contribution is 6.23. The number of hydrogen-bond acceptors (Lipinski definition) is 6. The van der Waals surface area contributed by atoms with E-state index in [4.69, 9.17) is 4.42 Å². The second kappa shape index (κ2) is 9.52. The molecule has 168 valence electrons. The van der Waals surface area contributed by atoms with Crippen molar-refractivity contribution in [2.24, 2.45) is 0 Å². The molecule has 2 aromatic carbocycles. The summed E-state index contributed by atoms with van der Waals surface area (Å²) >= 11 is 0. The van der Waals surface area contributed by atoms with E-state index in [1.165, 1.54) is 48.6 Å². The summed E-state index contributed by atoms with van der Waals surface area (Å²) in [6, 6.07) is 17.7. The third-order valence-corrected chi connectivity index (χ3v) is 5.52. The number of esters is 1. The van der Waals surface area contributed by atoms with Crippen molar-refractivity contribution in [1.29, 1.82) is 0 Å². The summed E-state index contributed by atoms with van der Waals surface area (Å²) < 4.78 is 9.94. The zero-order chi connectivity index (χ0) is 23.4. The Balaban J connectivity index is 1.59. The molecule has 1 aliphatic rings. The summed E-state index contributed by atoms with van der Waals surface area (Å²) in [5.74, 6) is -1.80. The van der Waals surface area contributed by atoms with E-state index in [1.54, 1.807) is 6.07 Å². The Morgan fingerprint density at radius 1 is 1.03 bits per heavy atom. The molecule has 1 fully saturated rings. The first kappa shape index (κ1) is 22.0. The first-order valence-corrected chi connectivity index (χ1v) is 10.4. The third-order valence-electron chi connectivity index (χ3n) is 5.52. The highest BCUT2D eigenvalue weighted by Crippen LogP contribution is 2.27. The van der Waals surface area contributed by atoms with Gasteiger partial charge in [-0.1, -0.05) is 30.3 Å². The third kappa shape index (κ3) is 4.55. The minimum atomic E-state index is -0.959. The fourth-order valence-electron chi connectivity index (χ4n) is 3.83. The molecular weight excluding hydrogens is 424 g/mol. The first-order valence-electron chi connectivity index (χ1n) is 10.4. The highest BCUT2D eigenvalue weighted by atomic mass is 16.5. The number of imide groups is 1. The number of benzene rings is 2. The molecule has 1 atom stereocenters. The molecule has 0 spiro atoms. The molecular formula is C25H22N2O6. The van der Waals surface area contributed by atoms with Gasteiger partial charge in [-0.3, -0.25) is 14.4 Å². The van der Waals surface area contributed by atoms with Crippen LogP contribution in [-0.2, 0) is 20.7 Å². The number of methoxy groups -OCH3 is 1. The van der Waals surface area contributed by atoms with Crippen LogP contribution in [0, 0.1) is 0 Å². The molecule has 1 aliphatic heterocycles. The van der Waals surface area contributed by atoms with Gasteiger partial charge in [-0.05, 0) is 48.4 Å². The second-order valence-corrected chi connectivity index (χ2v) is 7.54. The van der Waals surface area contributed by atoms with Gasteiger partial charge >= 0.3 is 5.97 Å². The summed E-state index contributed by atoms with van der Waals surface area (Å²) in [5.41, 5.74) is 1.63.